The van der Waals surface area contributed by atoms with Gasteiger partial charge in [0.05, 0.1) is 0 Å². The first-order valence-corrected chi connectivity index (χ1v) is 7.27. The van der Waals surface area contributed by atoms with Gasteiger partial charge >= 0.3 is 6.03 Å². The van der Waals surface area contributed by atoms with Crippen LogP contribution < -0.4 is 16.4 Å². The van der Waals surface area contributed by atoms with Crippen LogP contribution in [0.15, 0.2) is 0 Å². The van der Waals surface area contributed by atoms with Crippen molar-refractivity contribution < 1.29 is 4.79 Å². The molecule has 1 heterocycles. The van der Waals surface area contributed by atoms with Crippen LogP contribution in [0.4, 0.5) is 4.79 Å². The molecule has 0 aromatic carbocycles. The second-order valence-electron chi connectivity index (χ2n) is 5.50. The summed E-state index contributed by atoms with van der Waals surface area (Å²) >= 11 is 0. The Morgan fingerprint density at radius 2 is 1.61 bits per heavy atom. The molecule has 2 rings (SSSR count). The van der Waals surface area contributed by atoms with Gasteiger partial charge in [-0.15, -0.1) is 0 Å². The molecule has 104 valence electrons. The smallest absolute Gasteiger partial charge is 0.315 e. The van der Waals surface area contributed by atoms with Crippen LogP contribution in [0.5, 0.6) is 0 Å². The fourth-order valence-electron chi connectivity index (χ4n) is 2.97. The number of piperidine rings is 1. The summed E-state index contributed by atoms with van der Waals surface area (Å²) in [6.45, 7) is 3.79. The zero-order valence-corrected chi connectivity index (χ0v) is 11.2. The Kier molecular flexibility index (Phi) is 5.26. The maximum absolute atomic E-state index is 11.8. The van der Waals surface area contributed by atoms with E-state index in [2.05, 4.69) is 15.5 Å². The third-order valence-corrected chi connectivity index (χ3v) is 4.06. The second kappa shape index (κ2) is 6.95. The minimum atomic E-state index is 0.0270. The third kappa shape index (κ3) is 4.14. The van der Waals surface area contributed by atoms with E-state index in [1.165, 1.54) is 12.8 Å². The number of nitrogens with two attached hydrogens (primary N) is 1. The number of carbonyl (C=O) groups excluding carboxylic acids is 1. The Hall–Kier alpha value is -0.810. The van der Waals surface area contributed by atoms with Crippen molar-refractivity contribution in [3.63, 3.8) is 0 Å². The Balaban J connectivity index is 1.63. The van der Waals surface area contributed by atoms with Crippen LogP contribution in [0.25, 0.3) is 0 Å². The van der Waals surface area contributed by atoms with Crippen molar-refractivity contribution in [2.24, 2.45) is 5.73 Å². The largest absolute Gasteiger partial charge is 0.335 e. The van der Waals surface area contributed by atoms with Crippen LogP contribution in [-0.4, -0.2) is 49.2 Å². The molecule has 2 fully saturated rings. The molecule has 0 aromatic heterocycles. The first kappa shape index (κ1) is 13.6. The molecule has 4 N–H and O–H groups in total. The molecule has 2 amide bonds. The summed E-state index contributed by atoms with van der Waals surface area (Å²) < 4.78 is 0. The maximum Gasteiger partial charge on any atom is 0.315 e. The SMILES string of the molecule is NCCN1CCC(NC(=O)NC2CCCC2)CC1. The lowest BCUT2D eigenvalue weighted by Crippen LogP contribution is -2.50. The molecule has 0 bridgehead atoms. The number of hydrogen-bond acceptors (Lipinski definition) is 3. The predicted octanol–water partition coefficient (Wildman–Crippen LogP) is 0.651. The Morgan fingerprint density at radius 1 is 1.06 bits per heavy atom. The zero-order valence-electron chi connectivity index (χ0n) is 11.2. The lowest BCUT2D eigenvalue weighted by atomic mass is 10.1. The molecule has 1 aliphatic carbocycles. The van der Waals surface area contributed by atoms with E-state index in [1.54, 1.807) is 0 Å². The standard InChI is InChI=1S/C13H26N4O/c14-7-10-17-8-5-12(6-9-17)16-13(18)15-11-3-1-2-4-11/h11-12H,1-10,14H2,(H2,15,16,18). The van der Waals surface area contributed by atoms with Gasteiger partial charge in [0.15, 0.2) is 0 Å². The lowest BCUT2D eigenvalue weighted by molar-refractivity contribution is 0.194. The normalized spacial score (nSPS) is 23.2. The van der Waals surface area contributed by atoms with Gasteiger partial charge in [0.1, 0.15) is 0 Å². The summed E-state index contributed by atoms with van der Waals surface area (Å²) in [4.78, 5) is 14.2. The lowest BCUT2D eigenvalue weighted by Gasteiger charge is -2.32. The van der Waals surface area contributed by atoms with Crippen LogP contribution in [-0.2, 0) is 0 Å². The van der Waals surface area contributed by atoms with Gasteiger partial charge in [0.25, 0.3) is 0 Å². The Labute approximate surface area is 109 Å². The number of nitrogens with one attached hydrogen (secondary N) is 2. The van der Waals surface area contributed by atoms with Gasteiger partial charge in [-0.2, -0.15) is 0 Å². The topological polar surface area (TPSA) is 70.4 Å². The highest BCUT2D eigenvalue weighted by atomic mass is 16.2. The highest BCUT2D eigenvalue weighted by molar-refractivity contribution is 5.74. The number of amides is 2. The van der Waals surface area contributed by atoms with E-state index in [0.29, 0.717) is 12.1 Å². The van der Waals surface area contributed by atoms with Gasteiger partial charge in [-0.1, -0.05) is 12.8 Å². The molecule has 1 aliphatic heterocycles. The minimum Gasteiger partial charge on any atom is -0.335 e. The third-order valence-electron chi connectivity index (χ3n) is 4.06. The summed E-state index contributed by atoms with van der Waals surface area (Å²) in [6, 6.07) is 0.766. The number of carbonyl (C=O) groups is 1. The van der Waals surface area contributed by atoms with Crippen molar-refractivity contribution >= 4 is 6.03 Å². The van der Waals surface area contributed by atoms with Gasteiger partial charge < -0.3 is 21.3 Å². The average Bonchev–Trinajstić information content (AvgIpc) is 2.84. The van der Waals surface area contributed by atoms with E-state index in [1.807, 2.05) is 0 Å². The predicted molar refractivity (Wildman–Crippen MR) is 72.4 cm³/mol. The molecule has 5 heteroatoms. The van der Waals surface area contributed by atoms with Crippen molar-refractivity contribution in [3.05, 3.63) is 0 Å². The fourth-order valence-corrected chi connectivity index (χ4v) is 2.97. The van der Waals surface area contributed by atoms with Gasteiger partial charge in [-0.25, -0.2) is 4.79 Å². The molecule has 0 spiro atoms. The van der Waals surface area contributed by atoms with E-state index in [9.17, 15) is 4.79 Å². The van der Waals surface area contributed by atoms with Gasteiger partial charge in [-0.3, -0.25) is 0 Å². The van der Waals surface area contributed by atoms with Crippen molar-refractivity contribution in [1.29, 1.82) is 0 Å². The molecule has 0 radical (unpaired) electrons. The molecule has 0 aromatic rings. The first-order chi connectivity index (χ1) is 8.78. The van der Waals surface area contributed by atoms with E-state index >= 15 is 0 Å². The number of hydrogen-bond donors (Lipinski definition) is 3. The van der Waals surface area contributed by atoms with Crippen LogP contribution in [0.2, 0.25) is 0 Å². The molecule has 0 unspecified atom stereocenters. The van der Waals surface area contributed by atoms with Crippen molar-refractivity contribution in [3.8, 4) is 0 Å². The number of urea groups is 1. The number of rotatable bonds is 4. The number of nitrogens with zero attached hydrogens (tertiary/aromatic N) is 1. The van der Waals surface area contributed by atoms with E-state index < -0.39 is 0 Å². The molecule has 18 heavy (non-hydrogen) atoms. The monoisotopic (exact) mass is 254 g/mol. The van der Waals surface area contributed by atoms with Crippen LogP contribution in [0.1, 0.15) is 38.5 Å². The quantitative estimate of drug-likeness (QED) is 0.690. The minimum absolute atomic E-state index is 0.0270. The summed E-state index contributed by atoms with van der Waals surface area (Å²) in [6.07, 6.45) is 6.87. The van der Waals surface area contributed by atoms with E-state index in [-0.39, 0.29) is 6.03 Å². The average molecular weight is 254 g/mol. The number of likely N-dealkylation sites (tertiary alicyclic amines) is 1. The molecule has 0 atom stereocenters. The highest BCUT2D eigenvalue weighted by Crippen LogP contribution is 2.17. The van der Waals surface area contributed by atoms with E-state index in [4.69, 9.17) is 5.73 Å². The summed E-state index contributed by atoms with van der Waals surface area (Å²) in [5, 5.41) is 6.18. The summed E-state index contributed by atoms with van der Waals surface area (Å²) in [7, 11) is 0. The zero-order chi connectivity index (χ0) is 12.8. The second-order valence-corrected chi connectivity index (χ2v) is 5.50. The van der Waals surface area contributed by atoms with Gasteiger partial charge in [0, 0.05) is 38.3 Å². The Morgan fingerprint density at radius 3 is 2.17 bits per heavy atom. The van der Waals surface area contributed by atoms with Crippen LogP contribution in [0, 0.1) is 0 Å². The van der Waals surface area contributed by atoms with Crippen molar-refractivity contribution in [2.75, 3.05) is 26.2 Å². The molecule has 2 aliphatic rings. The van der Waals surface area contributed by atoms with E-state index in [0.717, 1.165) is 51.9 Å². The first-order valence-electron chi connectivity index (χ1n) is 7.27. The molecular weight excluding hydrogens is 228 g/mol. The molecule has 5 nitrogen and oxygen atoms in total. The van der Waals surface area contributed by atoms with Crippen LogP contribution in [0.3, 0.4) is 0 Å². The molecule has 1 saturated heterocycles. The summed E-state index contributed by atoms with van der Waals surface area (Å²) in [5.74, 6) is 0. The van der Waals surface area contributed by atoms with Crippen molar-refractivity contribution in [1.82, 2.24) is 15.5 Å². The van der Waals surface area contributed by atoms with Crippen LogP contribution >= 0.6 is 0 Å². The highest BCUT2D eigenvalue weighted by Gasteiger charge is 2.22. The Bertz CT molecular complexity index is 258. The van der Waals surface area contributed by atoms with Crippen molar-refractivity contribution in [2.45, 2.75) is 50.6 Å². The van der Waals surface area contributed by atoms with Gasteiger partial charge in [0.2, 0.25) is 0 Å². The maximum atomic E-state index is 11.8. The molecular formula is C13H26N4O. The van der Waals surface area contributed by atoms with Gasteiger partial charge in [-0.05, 0) is 25.7 Å². The molecule has 1 saturated carbocycles. The fraction of sp³-hybridized carbons (Fsp3) is 0.923. The summed E-state index contributed by atoms with van der Waals surface area (Å²) in [5.41, 5.74) is 5.54.